The van der Waals surface area contributed by atoms with Gasteiger partial charge in [-0.05, 0) is 45.7 Å². The molecular formula is C12H23ClN2. The first kappa shape index (κ1) is 13.0. The van der Waals surface area contributed by atoms with E-state index in [9.17, 15) is 0 Å². The molecule has 88 valence electrons. The molecule has 1 aliphatic rings. The molecule has 0 aromatic heterocycles. The fourth-order valence-electron chi connectivity index (χ4n) is 2.07. The van der Waals surface area contributed by atoms with Crippen LogP contribution < -0.4 is 5.32 Å². The van der Waals surface area contributed by atoms with Crippen LogP contribution in [0.25, 0.3) is 0 Å². The van der Waals surface area contributed by atoms with Crippen molar-refractivity contribution in [1.29, 1.82) is 0 Å². The summed E-state index contributed by atoms with van der Waals surface area (Å²) in [7, 11) is 0. The number of nitrogens with zero attached hydrogens (tertiary/aromatic N) is 1. The fraction of sp³-hybridized carbons (Fsp3) is 0.833. The lowest BCUT2D eigenvalue weighted by Gasteiger charge is -2.31. The molecule has 0 radical (unpaired) electrons. The molecule has 3 heteroatoms. The van der Waals surface area contributed by atoms with Gasteiger partial charge in [0, 0.05) is 24.7 Å². The van der Waals surface area contributed by atoms with E-state index in [2.05, 4.69) is 24.1 Å². The van der Waals surface area contributed by atoms with Gasteiger partial charge in [-0.25, -0.2) is 0 Å². The van der Waals surface area contributed by atoms with E-state index in [1.165, 1.54) is 32.5 Å². The number of hydrogen-bond donors (Lipinski definition) is 1. The maximum Gasteiger partial charge on any atom is 0.0177 e. The second-order valence-corrected chi connectivity index (χ2v) is 4.85. The zero-order chi connectivity index (χ0) is 11.1. The lowest BCUT2D eigenvalue weighted by molar-refractivity contribution is 0.186. The van der Waals surface area contributed by atoms with Crippen molar-refractivity contribution in [1.82, 2.24) is 10.2 Å². The van der Waals surface area contributed by atoms with Gasteiger partial charge < -0.3 is 5.32 Å². The van der Waals surface area contributed by atoms with E-state index in [0.717, 1.165) is 12.5 Å². The van der Waals surface area contributed by atoms with E-state index in [1.807, 2.05) is 6.08 Å². The van der Waals surface area contributed by atoms with Crippen LogP contribution in [0.3, 0.4) is 0 Å². The smallest absolute Gasteiger partial charge is 0.0177 e. The summed E-state index contributed by atoms with van der Waals surface area (Å²) in [6, 6.07) is 0.604. The number of halogens is 1. The zero-order valence-electron chi connectivity index (χ0n) is 9.88. The van der Waals surface area contributed by atoms with Gasteiger partial charge in [-0.3, -0.25) is 4.90 Å². The summed E-state index contributed by atoms with van der Waals surface area (Å²) >= 11 is 5.58. The van der Waals surface area contributed by atoms with E-state index in [4.69, 9.17) is 11.6 Å². The van der Waals surface area contributed by atoms with E-state index in [-0.39, 0.29) is 0 Å². The van der Waals surface area contributed by atoms with Crippen molar-refractivity contribution in [3.05, 3.63) is 11.6 Å². The predicted molar refractivity (Wildman–Crippen MR) is 67.3 cm³/mol. The van der Waals surface area contributed by atoms with Crippen LogP contribution in [0.1, 0.15) is 26.7 Å². The zero-order valence-corrected chi connectivity index (χ0v) is 10.6. The second-order valence-electron chi connectivity index (χ2n) is 4.60. The first-order chi connectivity index (χ1) is 7.24. The third-order valence-corrected chi connectivity index (χ3v) is 3.29. The largest absolute Gasteiger partial charge is 0.317 e. The standard InChI is InChI=1S/C12H23ClN2/c1-11(2)15(9-3-6-13)10-12-4-7-14-8-5-12/h3,6,11-12,14H,4-5,7-10H2,1-2H3. The van der Waals surface area contributed by atoms with Crippen LogP contribution in [0.2, 0.25) is 0 Å². The highest BCUT2D eigenvalue weighted by Crippen LogP contribution is 2.14. The van der Waals surface area contributed by atoms with Crippen molar-refractivity contribution in [2.24, 2.45) is 5.92 Å². The Labute approximate surface area is 98.7 Å². The van der Waals surface area contributed by atoms with Crippen LogP contribution in [-0.2, 0) is 0 Å². The molecule has 0 amide bonds. The molecule has 1 N–H and O–H groups in total. The van der Waals surface area contributed by atoms with Crippen molar-refractivity contribution >= 4 is 11.6 Å². The Bertz CT molecular complexity index is 186. The van der Waals surface area contributed by atoms with Gasteiger partial charge in [0.25, 0.3) is 0 Å². The molecule has 0 unspecified atom stereocenters. The van der Waals surface area contributed by atoms with Gasteiger partial charge in [0.05, 0.1) is 0 Å². The Balaban J connectivity index is 2.35. The number of rotatable bonds is 5. The van der Waals surface area contributed by atoms with Crippen LogP contribution in [0.15, 0.2) is 11.6 Å². The van der Waals surface area contributed by atoms with Gasteiger partial charge in [0.1, 0.15) is 0 Å². The fourth-order valence-corrected chi connectivity index (χ4v) is 2.15. The minimum Gasteiger partial charge on any atom is -0.317 e. The topological polar surface area (TPSA) is 15.3 Å². The summed E-state index contributed by atoms with van der Waals surface area (Å²) in [6.07, 6.45) is 4.66. The third kappa shape index (κ3) is 5.01. The van der Waals surface area contributed by atoms with Gasteiger partial charge in [0.2, 0.25) is 0 Å². The van der Waals surface area contributed by atoms with Crippen LogP contribution in [-0.4, -0.2) is 37.1 Å². The highest BCUT2D eigenvalue weighted by molar-refractivity contribution is 6.25. The monoisotopic (exact) mass is 230 g/mol. The van der Waals surface area contributed by atoms with Crippen LogP contribution in [0.5, 0.6) is 0 Å². The molecule has 0 spiro atoms. The van der Waals surface area contributed by atoms with Crippen LogP contribution in [0, 0.1) is 5.92 Å². The lowest BCUT2D eigenvalue weighted by Crippen LogP contribution is -2.39. The Hall–Kier alpha value is -0.0500. The van der Waals surface area contributed by atoms with Crippen molar-refractivity contribution < 1.29 is 0 Å². The summed E-state index contributed by atoms with van der Waals surface area (Å²) in [4.78, 5) is 2.49. The average molecular weight is 231 g/mol. The van der Waals surface area contributed by atoms with Crippen molar-refractivity contribution in [2.45, 2.75) is 32.7 Å². The number of piperidine rings is 1. The van der Waals surface area contributed by atoms with Crippen molar-refractivity contribution in [2.75, 3.05) is 26.2 Å². The highest BCUT2D eigenvalue weighted by Gasteiger charge is 2.17. The van der Waals surface area contributed by atoms with Gasteiger partial charge in [0.15, 0.2) is 0 Å². The molecule has 1 rings (SSSR count). The molecule has 0 bridgehead atoms. The Morgan fingerprint density at radius 1 is 1.40 bits per heavy atom. The Kier molecular flexibility index (Phi) is 6.30. The van der Waals surface area contributed by atoms with Crippen LogP contribution in [0.4, 0.5) is 0 Å². The molecule has 2 nitrogen and oxygen atoms in total. The summed E-state index contributed by atoms with van der Waals surface area (Å²) in [6.45, 7) is 9.06. The summed E-state index contributed by atoms with van der Waals surface area (Å²) in [5.74, 6) is 0.859. The Morgan fingerprint density at radius 2 is 2.07 bits per heavy atom. The molecular weight excluding hydrogens is 208 g/mol. The minimum atomic E-state index is 0.604. The van der Waals surface area contributed by atoms with Crippen LogP contribution >= 0.6 is 11.6 Å². The molecule has 0 saturated carbocycles. The van der Waals surface area contributed by atoms with Gasteiger partial charge in [-0.1, -0.05) is 17.7 Å². The summed E-state index contributed by atoms with van der Waals surface area (Å²) in [5, 5.41) is 3.41. The van der Waals surface area contributed by atoms with Gasteiger partial charge >= 0.3 is 0 Å². The molecule has 1 heterocycles. The van der Waals surface area contributed by atoms with E-state index in [0.29, 0.717) is 6.04 Å². The summed E-state index contributed by atoms with van der Waals surface area (Å²) in [5.41, 5.74) is 1.62. The Morgan fingerprint density at radius 3 is 2.60 bits per heavy atom. The molecule has 15 heavy (non-hydrogen) atoms. The maximum absolute atomic E-state index is 5.58. The molecule has 1 fully saturated rings. The molecule has 0 aromatic carbocycles. The maximum atomic E-state index is 5.58. The lowest BCUT2D eigenvalue weighted by atomic mass is 9.97. The molecule has 0 atom stereocenters. The second kappa shape index (κ2) is 7.26. The molecule has 1 aliphatic heterocycles. The normalized spacial score (nSPS) is 19.5. The van der Waals surface area contributed by atoms with E-state index in [1.54, 1.807) is 5.54 Å². The first-order valence-corrected chi connectivity index (χ1v) is 6.37. The minimum absolute atomic E-state index is 0.604. The van der Waals surface area contributed by atoms with Crippen molar-refractivity contribution in [3.8, 4) is 0 Å². The SMILES string of the molecule is CC(C)N(CC=CCl)CC1CCNCC1. The quantitative estimate of drug-likeness (QED) is 0.781. The van der Waals surface area contributed by atoms with Gasteiger partial charge in [-0.15, -0.1) is 0 Å². The third-order valence-electron chi connectivity index (χ3n) is 3.11. The number of nitrogens with one attached hydrogen (secondary N) is 1. The highest BCUT2D eigenvalue weighted by atomic mass is 35.5. The molecule has 1 saturated heterocycles. The van der Waals surface area contributed by atoms with E-state index < -0.39 is 0 Å². The predicted octanol–water partition coefficient (Wildman–Crippen LogP) is 2.45. The molecule has 0 aromatic rings. The first-order valence-electron chi connectivity index (χ1n) is 5.94. The summed E-state index contributed by atoms with van der Waals surface area (Å²) < 4.78 is 0. The average Bonchev–Trinajstić information content (AvgIpc) is 2.25. The van der Waals surface area contributed by atoms with Gasteiger partial charge in [-0.2, -0.15) is 0 Å². The van der Waals surface area contributed by atoms with E-state index >= 15 is 0 Å². The number of hydrogen-bond acceptors (Lipinski definition) is 2. The van der Waals surface area contributed by atoms with Crippen molar-refractivity contribution in [3.63, 3.8) is 0 Å². The molecule has 0 aliphatic carbocycles.